The van der Waals surface area contributed by atoms with Gasteiger partial charge in [0.15, 0.2) is 0 Å². The Morgan fingerprint density at radius 2 is 1.70 bits per heavy atom. The van der Waals surface area contributed by atoms with Crippen LogP contribution in [0.5, 0.6) is 0 Å². The number of unbranched alkanes of at least 4 members (excludes halogenated alkanes) is 3. The Balaban J connectivity index is 3.87. The number of hydrogen-bond acceptors (Lipinski definition) is 5. The van der Waals surface area contributed by atoms with Crippen molar-refractivity contribution in [3.63, 3.8) is 0 Å². The molecule has 0 saturated carbocycles. The van der Waals surface area contributed by atoms with Crippen LogP contribution in [-0.2, 0) is 9.68 Å². The molecule has 0 heterocycles. The minimum atomic E-state index is -0.995. The van der Waals surface area contributed by atoms with E-state index < -0.39 is 12.0 Å². The topological polar surface area (TPSA) is 110 Å². The summed E-state index contributed by atoms with van der Waals surface area (Å²) >= 11 is 0. The molecule has 0 aromatic heterocycles. The summed E-state index contributed by atoms with van der Waals surface area (Å²) in [4.78, 5) is 25.5. The zero-order valence-corrected chi connectivity index (χ0v) is 18.0. The molecule has 0 spiro atoms. The van der Waals surface area contributed by atoms with Crippen LogP contribution in [-0.4, -0.2) is 33.4 Å². The molecule has 170 valence electrons. The first-order valence-electron chi connectivity index (χ1n) is 10.8. The highest BCUT2D eigenvalue weighted by molar-refractivity contribution is 5.66. The summed E-state index contributed by atoms with van der Waals surface area (Å²) in [6.07, 6.45) is 23.1. The van der Waals surface area contributed by atoms with Crippen molar-refractivity contribution in [3.05, 3.63) is 58.7 Å². The summed E-state index contributed by atoms with van der Waals surface area (Å²) in [6.45, 7) is 2.14. The smallest absolute Gasteiger partial charge is 0.303 e. The Bertz CT molecular complexity index is 568. The summed E-state index contributed by atoms with van der Waals surface area (Å²) in [5.74, 6) is -0.995. The molecule has 7 heteroatoms. The van der Waals surface area contributed by atoms with Crippen molar-refractivity contribution >= 4 is 5.97 Å². The van der Waals surface area contributed by atoms with Gasteiger partial charge in [-0.2, -0.15) is 0 Å². The molecular weight excluding hydrogens is 386 g/mol. The maximum atomic E-state index is 10.9. The molecular formula is C23H37NO6. The van der Waals surface area contributed by atoms with Crippen molar-refractivity contribution in [2.24, 2.45) is 0 Å². The molecule has 0 amide bonds. The van der Waals surface area contributed by atoms with Gasteiger partial charge in [0.05, 0.1) is 6.42 Å². The second kappa shape index (κ2) is 20.0. The molecule has 2 N–H and O–H groups in total. The fourth-order valence-corrected chi connectivity index (χ4v) is 2.81. The molecule has 0 radical (unpaired) electrons. The van der Waals surface area contributed by atoms with Gasteiger partial charge in [-0.3, -0.25) is 20.2 Å². The third-order valence-corrected chi connectivity index (χ3v) is 4.58. The maximum Gasteiger partial charge on any atom is 0.303 e. The summed E-state index contributed by atoms with van der Waals surface area (Å²) in [7, 11) is 0. The highest BCUT2D eigenvalue weighted by atomic mass is 17.1. The Kier molecular flexibility index (Phi) is 18.5. The van der Waals surface area contributed by atoms with E-state index in [-0.39, 0.29) is 23.9 Å². The van der Waals surface area contributed by atoms with Crippen molar-refractivity contribution in [2.75, 3.05) is 0 Å². The minimum Gasteiger partial charge on any atom is -0.481 e. The Morgan fingerprint density at radius 1 is 1.00 bits per heavy atom. The molecule has 2 atom stereocenters. The van der Waals surface area contributed by atoms with E-state index in [9.17, 15) is 14.9 Å². The molecule has 0 saturated heterocycles. The second-order valence-corrected chi connectivity index (χ2v) is 7.17. The first-order valence-corrected chi connectivity index (χ1v) is 10.8. The fourth-order valence-electron chi connectivity index (χ4n) is 2.81. The van der Waals surface area contributed by atoms with Gasteiger partial charge in [-0.15, -0.1) is 0 Å². The largest absolute Gasteiger partial charge is 0.481 e. The standard InChI is InChI=1S/C23H37NO6/c1-2-3-13-17-22(30-29)18-15-12-10-8-6-4-5-7-9-11-14-16-21(24(27)28)19-20-23(25)26/h4,6-7,9-10,12,15,18,21-22,29H,2-3,5,8,11,13-14,16-17,19-20H2,1H3,(H,25,26)/b6-4+,9-7+,12-10+,18-15+. The van der Waals surface area contributed by atoms with E-state index in [1.807, 2.05) is 36.5 Å². The number of nitro groups is 1. The summed E-state index contributed by atoms with van der Waals surface area (Å²) < 4.78 is 0. The van der Waals surface area contributed by atoms with Gasteiger partial charge in [0.25, 0.3) is 0 Å². The molecule has 0 aliphatic rings. The van der Waals surface area contributed by atoms with E-state index in [0.717, 1.165) is 44.9 Å². The van der Waals surface area contributed by atoms with Crippen LogP contribution in [0.2, 0.25) is 0 Å². The summed E-state index contributed by atoms with van der Waals surface area (Å²) in [6, 6.07) is -0.772. The zero-order chi connectivity index (χ0) is 22.5. The number of hydrogen-bond donors (Lipinski definition) is 2. The first kappa shape index (κ1) is 27.8. The SMILES string of the molecule is CCCCCC(/C=C/C=C/C/C=C/C/C=C/CCCC(CCC(=O)O)[N+](=O)[O-])OO. The Hall–Kier alpha value is -2.25. The normalized spacial score (nSPS) is 14.3. The van der Waals surface area contributed by atoms with Crippen LogP contribution >= 0.6 is 0 Å². The minimum absolute atomic E-state index is 0.0873. The zero-order valence-electron chi connectivity index (χ0n) is 18.0. The second-order valence-electron chi connectivity index (χ2n) is 7.17. The maximum absolute atomic E-state index is 10.9. The van der Waals surface area contributed by atoms with Gasteiger partial charge in [0.2, 0.25) is 6.04 Å². The van der Waals surface area contributed by atoms with E-state index in [0.29, 0.717) is 12.8 Å². The van der Waals surface area contributed by atoms with E-state index in [1.54, 1.807) is 0 Å². The van der Waals surface area contributed by atoms with E-state index in [4.69, 9.17) is 10.4 Å². The molecule has 0 aromatic rings. The molecule has 0 aliphatic heterocycles. The van der Waals surface area contributed by atoms with E-state index >= 15 is 0 Å². The van der Waals surface area contributed by atoms with Crippen molar-refractivity contribution in [2.45, 2.75) is 89.7 Å². The van der Waals surface area contributed by atoms with Crippen molar-refractivity contribution in [1.29, 1.82) is 0 Å². The fraction of sp³-hybridized carbons (Fsp3) is 0.609. The molecule has 2 unspecified atom stereocenters. The van der Waals surface area contributed by atoms with E-state index in [2.05, 4.69) is 24.0 Å². The summed E-state index contributed by atoms with van der Waals surface area (Å²) in [5, 5.41) is 28.4. The van der Waals surface area contributed by atoms with Crippen LogP contribution in [0.4, 0.5) is 0 Å². The third kappa shape index (κ3) is 17.8. The van der Waals surface area contributed by atoms with Crippen molar-refractivity contribution in [1.82, 2.24) is 0 Å². The number of allylic oxidation sites excluding steroid dienone is 7. The molecule has 0 bridgehead atoms. The Morgan fingerprint density at radius 3 is 2.33 bits per heavy atom. The van der Waals surface area contributed by atoms with Crippen molar-refractivity contribution < 1.29 is 25.0 Å². The van der Waals surface area contributed by atoms with Crippen LogP contribution in [0.25, 0.3) is 0 Å². The van der Waals surface area contributed by atoms with Gasteiger partial charge in [-0.05, 0) is 32.1 Å². The van der Waals surface area contributed by atoms with Crippen LogP contribution in [0.3, 0.4) is 0 Å². The van der Waals surface area contributed by atoms with E-state index in [1.165, 1.54) is 0 Å². The molecule has 0 rings (SSSR count). The lowest BCUT2D eigenvalue weighted by Crippen LogP contribution is -2.20. The lowest BCUT2D eigenvalue weighted by molar-refractivity contribution is -0.524. The van der Waals surface area contributed by atoms with Crippen LogP contribution in [0.15, 0.2) is 48.6 Å². The molecule has 0 aliphatic carbocycles. The van der Waals surface area contributed by atoms with Gasteiger partial charge in [0, 0.05) is 17.8 Å². The number of rotatable bonds is 19. The lowest BCUT2D eigenvalue weighted by Gasteiger charge is -2.07. The molecule has 30 heavy (non-hydrogen) atoms. The van der Waals surface area contributed by atoms with Gasteiger partial charge in [-0.1, -0.05) is 74.8 Å². The molecule has 0 fully saturated rings. The molecule has 0 aromatic carbocycles. The number of carboxylic acid groups (broad SMARTS) is 1. The van der Waals surface area contributed by atoms with Gasteiger partial charge >= 0.3 is 5.97 Å². The van der Waals surface area contributed by atoms with Crippen LogP contribution in [0.1, 0.15) is 77.6 Å². The highest BCUT2D eigenvalue weighted by Gasteiger charge is 2.20. The average molecular weight is 424 g/mol. The predicted molar refractivity (Wildman–Crippen MR) is 119 cm³/mol. The number of carboxylic acids is 1. The molecule has 7 nitrogen and oxygen atoms in total. The number of carbonyl (C=O) groups is 1. The predicted octanol–water partition coefficient (Wildman–Crippen LogP) is 6.11. The highest BCUT2D eigenvalue weighted by Crippen LogP contribution is 2.11. The third-order valence-electron chi connectivity index (χ3n) is 4.58. The number of aliphatic carboxylic acids is 1. The van der Waals surface area contributed by atoms with Crippen molar-refractivity contribution in [3.8, 4) is 0 Å². The Labute approximate surface area is 179 Å². The average Bonchev–Trinajstić information content (AvgIpc) is 2.71. The van der Waals surface area contributed by atoms with Gasteiger partial charge < -0.3 is 5.11 Å². The van der Waals surface area contributed by atoms with Gasteiger partial charge in [0.1, 0.15) is 6.10 Å². The van der Waals surface area contributed by atoms with Crippen LogP contribution in [0, 0.1) is 10.1 Å². The first-order chi connectivity index (χ1) is 14.5. The van der Waals surface area contributed by atoms with Crippen LogP contribution < -0.4 is 0 Å². The lowest BCUT2D eigenvalue weighted by atomic mass is 10.0. The summed E-state index contributed by atoms with van der Waals surface area (Å²) in [5.41, 5.74) is 0. The van der Waals surface area contributed by atoms with Gasteiger partial charge in [-0.25, -0.2) is 4.89 Å². The number of nitrogens with zero attached hydrogens (tertiary/aromatic N) is 1. The monoisotopic (exact) mass is 423 g/mol. The quantitative estimate of drug-likeness (QED) is 0.0647.